The average Bonchev–Trinajstić information content (AvgIpc) is 2.79. The number of benzene rings is 2. The molecule has 2 rings (SSSR count). The summed E-state index contributed by atoms with van der Waals surface area (Å²) in [6, 6.07) is 16.4. The SMILES string of the molecule is CCCCCCCCOc1ccc(-c2ccc(OCCC(C)OC(=O)CCC)cc2)cc1. The van der Waals surface area contributed by atoms with E-state index in [0.29, 0.717) is 19.4 Å². The highest BCUT2D eigenvalue weighted by Gasteiger charge is 2.09. The quantitative estimate of drug-likeness (QED) is 0.199. The molecule has 2 aromatic rings. The van der Waals surface area contributed by atoms with Crippen LogP contribution in [0.15, 0.2) is 48.5 Å². The fourth-order valence-electron chi connectivity index (χ4n) is 3.45. The van der Waals surface area contributed by atoms with Crippen LogP contribution in [0.1, 0.15) is 78.6 Å². The molecule has 176 valence electrons. The highest BCUT2D eigenvalue weighted by molar-refractivity contribution is 5.69. The van der Waals surface area contributed by atoms with Crippen LogP contribution in [0.5, 0.6) is 11.5 Å². The maximum atomic E-state index is 11.5. The predicted molar refractivity (Wildman–Crippen MR) is 131 cm³/mol. The van der Waals surface area contributed by atoms with Crippen molar-refractivity contribution in [3.05, 3.63) is 48.5 Å². The molecule has 0 saturated heterocycles. The van der Waals surface area contributed by atoms with Crippen LogP contribution < -0.4 is 9.47 Å². The molecule has 1 unspecified atom stereocenters. The van der Waals surface area contributed by atoms with E-state index < -0.39 is 0 Å². The molecule has 0 fully saturated rings. The fourth-order valence-corrected chi connectivity index (χ4v) is 3.45. The lowest BCUT2D eigenvalue weighted by atomic mass is 10.1. The molecule has 0 aromatic heterocycles. The van der Waals surface area contributed by atoms with Gasteiger partial charge in [0.15, 0.2) is 0 Å². The molecule has 0 saturated carbocycles. The molecule has 0 radical (unpaired) electrons. The Morgan fingerprint density at radius 1 is 0.719 bits per heavy atom. The highest BCUT2D eigenvalue weighted by atomic mass is 16.5. The van der Waals surface area contributed by atoms with Crippen molar-refractivity contribution in [1.29, 1.82) is 0 Å². The van der Waals surface area contributed by atoms with Crippen molar-refractivity contribution < 1.29 is 19.0 Å². The van der Waals surface area contributed by atoms with Gasteiger partial charge < -0.3 is 14.2 Å². The molecule has 0 amide bonds. The number of carbonyl (C=O) groups is 1. The summed E-state index contributed by atoms with van der Waals surface area (Å²) in [5.41, 5.74) is 2.29. The first-order valence-electron chi connectivity index (χ1n) is 12.3. The minimum Gasteiger partial charge on any atom is -0.494 e. The summed E-state index contributed by atoms with van der Waals surface area (Å²) in [6.07, 6.45) is 9.46. The van der Waals surface area contributed by atoms with E-state index in [1.165, 1.54) is 32.1 Å². The van der Waals surface area contributed by atoms with Crippen molar-refractivity contribution in [2.75, 3.05) is 13.2 Å². The van der Waals surface area contributed by atoms with Crippen LogP contribution in [-0.4, -0.2) is 25.3 Å². The summed E-state index contributed by atoms with van der Waals surface area (Å²) in [4.78, 5) is 11.5. The Hall–Kier alpha value is -2.49. The first kappa shape index (κ1) is 25.8. The molecule has 0 bridgehead atoms. The molecular weight excluding hydrogens is 400 g/mol. The second-order valence-electron chi connectivity index (χ2n) is 8.35. The molecule has 0 spiro atoms. The summed E-state index contributed by atoms with van der Waals surface area (Å²) in [7, 11) is 0. The zero-order valence-electron chi connectivity index (χ0n) is 20.1. The largest absolute Gasteiger partial charge is 0.494 e. The Kier molecular flexibility index (Phi) is 12.3. The van der Waals surface area contributed by atoms with Crippen LogP contribution in [0.25, 0.3) is 11.1 Å². The predicted octanol–water partition coefficient (Wildman–Crippen LogP) is 7.59. The topological polar surface area (TPSA) is 44.8 Å². The van der Waals surface area contributed by atoms with Gasteiger partial charge >= 0.3 is 5.97 Å². The minimum atomic E-state index is -0.136. The number of unbranched alkanes of at least 4 members (excludes halogenated alkanes) is 5. The normalized spacial score (nSPS) is 11.7. The zero-order chi connectivity index (χ0) is 23.0. The smallest absolute Gasteiger partial charge is 0.306 e. The van der Waals surface area contributed by atoms with Gasteiger partial charge in [-0.25, -0.2) is 0 Å². The first-order chi connectivity index (χ1) is 15.6. The van der Waals surface area contributed by atoms with E-state index in [-0.39, 0.29) is 12.1 Å². The van der Waals surface area contributed by atoms with Gasteiger partial charge in [-0.1, -0.05) is 70.2 Å². The third-order valence-electron chi connectivity index (χ3n) is 5.39. The van der Waals surface area contributed by atoms with Crippen molar-refractivity contribution in [2.24, 2.45) is 0 Å². The van der Waals surface area contributed by atoms with Gasteiger partial charge in [0, 0.05) is 12.8 Å². The van der Waals surface area contributed by atoms with Crippen molar-refractivity contribution >= 4 is 5.97 Å². The van der Waals surface area contributed by atoms with Crippen molar-refractivity contribution in [2.45, 2.75) is 84.7 Å². The Morgan fingerprint density at radius 2 is 1.25 bits per heavy atom. The number of rotatable bonds is 16. The molecule has 32 heavy (non-hydrogen) atoms. The van der Waals surface area contributed by atoms with Gasteiger partial charge in [-0.05, 0) is 55.2 Å². The van der Waals surface area contributed by atoms with Gasteiger partial charge in [0.05, 0.1) is 13.2 Å². The van der Waals surface area contributed by atoms with Crippen molar-refractivity contribution in [3.8, 4) is 22.6 Å². The number of carbonyl (C=O) groups excluding carboxylic acids is 1. The molecule has 4 nitrogen and oxygen atoms in total. The molecule has 0 N–H and O–H groups in total. The summed E-state index contributed by atoms with van der Waals surface area (Å²) in [5.74, 6) is 1.61. The Labute approximate surface area is 194 Å². The molecule has 4 heteroatoms. The van der Waals surface area contributed by atoms with E-state index in [1.807, 2.05) is 38.1 Å². The van der Waals surface area contributed by atoms with Gasteiger partial charge in [0.2, 0.25) is 0 Å². The molecule has 2 aromatic carbocycles. The van der Waals surface area contributed by atoms with E-state index in [0.717, 1.165) is 42.1 Å². The fraction of sp³-hybridized carbons (Fsp3) is 0.536. The number of ether oxygens (including phenoxy) is 3. The van der Waals surface area contributed by atoms with E-state index in [9.17, 15) is 4.79 Å². The van der Waals surface area contributed by atoms with Crippen LogP contribution >= 0.6 is 0 Å². The summed E-state index contributed by atoms with van der Waals surface area (Å²) in [6.45, 7) is 7.42. The number of hydrogen-bond donors (Lipinski definition) is 0. The lowest BCUT2D eigenvalue weighted by molar-refractivity contribution is -0.148. The molecule has 0 aliphatic rings. The Bertz CT molecular complexity index is 752. The van der Waals surface area contributed by atoms with Crippen LogP contribution in [0.2, 0.25) is 0 Å². The highest BCUT2D eigenvalue weighted by Crippen LogP contribution is 2.25. The number of hydrogen-bond acceptors (Lipinski definition) is 4. The second-order valence-corrected chi connectivity index (χ2v) is 8.35. The van der Waals surface area contributed by atoms with Crippen LogP contribution in [0, 0.1) is 0 Å². The van der Waals surface area contributed by atoms with Crippen molar-refractivity contribution in [1.82, 2.24) is 0 Å². The maximum Gasteiger partial charge on any atom is 0.306 e. The van der Waals surface area contributed by atoms with E-state index >= 15 is 0 Å². The first-order valence-corrected chi connectivity index (χ1v) is 12.3. The van der Waals surface area contributed by atoms with Gasteiger partial charge in [-0.15, -0.1) is 0 Å². The second kappa shape index (κ2) is 15.3. The molecule has 0 aliphatic carbocycles. The zero-order valence-corrected chi connectivity index (χ0v) is 20.1. The molecular formula is C28H40O4. The van der Waals surface area contributed by atoms with E-state index in [1.54, 1.807) is 0 Å². The van der Waals surface area contributed by atoms with Crippen LogP contribution in [-0.2, 0) is 9.53 Å². The maximum absolute atomic E-state index is 11.5. The average molecular weight is 441 g/mol. The lowest BCUT2D eigenvalue weighted by Crippen LogP contribution is -2.17. The Balaban J connectivity index is 1.70. The lowest BCUT2D eigenvalue weighted by Gasteiger charge is -2.14. The summed E-state index contributed by atoms with van der Waals surface area (Å²) < 4.78 is 17.0. The standard InChI is InChI=1S/C28H40O4/c1-4-6-7-8-9-10-21-30-26-16-12-24(13-17-26)25-14-18-27(19-15-25)31-22-20-23(3)32-28(29)11-5-2/h12-19,23H,4-11,20-22H2,1-3H3. The Morgan fingerprint density at radius 3 is 1.81 bits per heavy atom. The van der Waals surface area contributed by atoms with Crippen LogP contribution in [0.4, 0.5) is 0 Å². The summed E-state index contributed by atoms with van der Waals surface area (Å²) >= 11 is 0. The van der Waals surface area contributed by atoms with Crippen molar-refractivity contribution in [3.63, 3.8) is 0 Å². The molecule has 1 atom stereocenters. The van der Waals surface area contributed by atoms with Gasteiger partial charge in [0.1, 0.15) is 17.6 Å². The van der Waals surface area contributed by atoms with Gasteiger partial charge in [-0.3, -0.25) is 4.79 Å². The third-order valence-corrected chi connectivity index (χ3v) is 5.39. The van der Waals surface area contributed by atoms with Crippen LogP contribution in [0.3, 0.4) is 0 Å². The van der Waals surface area contributed by atoms with E-state index in [4.69, 9.17) is 14.2 Å². The van der Waals surface area contributed by atoms with Gasteiger partial charge in [0.25, 0.3) is 0 Å². The molecule has 0 heterocycles. The summed E-state index contributed by atoms with van der Waals surface area (Å²) in [5, 5.41) is 0. The number of esters is 1. The third kappa shape index (κ3) is 10.2. The monoisotopic (exact) mass is 440 g/mol. The minimum absolute atomic E-state index is 0.130. The van der Waals surface area contributed by atoms with Gasteiger partial charge in [-0.2, -0.15) is 0 Å². The molecule has 0 aliphatic heterocycles. The van der Waals surface area contributed by atoms with E-state index in [2.05, 4.69) is 31.2 Å².